The van der Waals surface area contributed by atoms with Crippen molar-refractivity contribution in [3.8, 4) is 0 Å². The molecule has 1 aliphatic rings. The lowest BCUT2D eigenvalue weighted by Crippen LogP contribution is -2.15. The highest BCUT2D eigenvalue weighted by Gasteiger charge is 2.19. The van der Waals surface area contributed by atoms with Crippen molar-refractivity contribution in [1.82, 2.24) is 0 Å². The first-order chi connectivity index (χ1) is 6.20. The van der Waals surface area contributed by atoms with Crippen LogP contribution in [0.2, 0.25) is 10.0 Å². The molecule has 0 aromatic heterocycles. The molecule has 0 aliphatic carbocycles. The van der Waals surface area contributed by atoms with Gasteiger partial charge >= 0.3 is 0 Å². The summed E-state index contributed by atoms with van der Waals surface area (Å²) >= 11 is 12.0. The summed E-state index contributed by atoms with van der Waals surface area (Å²) in [5, 5.41) is 4.57. The summed E-state index contributed by atoms with van der Waals surface area (Å²) in [4.78, 5) is 0. The van der Waals surface area contributed by atoms with Gasteiger partial charge in [-0.3, -0.25) is 0 Å². The molecule has 0 radical (unpaired) electrons. The SMILES string of the molecule is C[C@@H]1CCNc2c1ccc(Cl)c2Cl. The Morgan fingerprint density at radius 2 is 2.15 bits per heavy atom. The van der Waals surface area contributed by atoms with Crippen LogP contribution in [-0.4, -0.2) is 6.54 Å². The number of anilines is 1. The molecule has 1 nitrogen and oxygen atoms in total. The number of rotatable bonds is 0. The van der Waals surface area contributed by atoms with E-state index in [4.69, 9.17) is 23.2 Å². The van der Waals surface area contributed by atoms with Gasteiger partial charge in [-0.25, -0.2) is 0 Å². The van der Waals surface area contributed by atoms with Gasteiger partial charge in [0.05, 0.1) is 15.7 Å². The van der Waals surface area contributed by atoms with Crippen LogP contribution in [0.25, 0.3) is 0 Å². The maximum atomic E-state index is 6.08. The molecule has 1 atom stereocenters. The van der Waals surface area contributed by atoms with Crippen LogP contribution < -0.4 is 5.32 Å². The van der Waals surface area contributed by atoms with Gasteiger partial charge in [-0.1, -0.05) is 36.2 Å². The highest BCUT2D eigenvalue weighted by molar-refractivity contribution is 6.43. The van der Waals surface area contributed by atoms with Crippen molar-refractivity contribution in [2.45, 2.75) is 19.3 Å². The summed E-state index contributed by atoms with van der Waals surface area (Å²) in [6.45, 7) is 3.19. The van der Waals surface area contributed by atoms with Gasteiger partial charge in [-0.2, -0.15) is 0 Å². The predicted molar refractivity (Wildman–Crippen MR) is 58.0 cm³/mol. The van der Waals surface area contributed by atoms with E-state index < -0.39 is 0 Å². The molecule has 0 fully saturated rings. The van der Waals surface area contributed by atoms with E-state index in [1.54, 1.807) is 0 Å². The number of fused-ring (bicyclic) bond motifs is 1. The fourth-order valence-corrected chi connectivity index (χ4v) is 2.12. The lowest BCUT2D eigenvalue weighted by atomic mass is 9.93. The van der Waals surface area contributed by atoms with Crippen molar-refractivity contribution in [3.05, 3.63) is 27.7 Å². The first kappa shape index (κ1) is 9.17. The molecule has 0 spiro atoms. The fraction of sp³-hybridized carbons (Fsp3) is 0.400. The Bertz CT molecular complexity index is 336. The molecule has 3 heteroatoms. The highest BCUT2D eigenvalue weighted by Crippen LogP contribution is 2.39. The molecule has 0 bridgehead atoms. The number of nitrogens with one attached hydrogen (secondary N) is 1. The van der Waals surface area contributed by atoms with Crippen LogP contribution in [0.15, 0.2) is 12.1 Å². The molecule has 1 N–H and O–H groups in total. The van der Waals surface area contributed by atoms with Crippen LogP contribution in [0.3, 0.4) is 0 Å². The largest absolute Gasteiger partial charge is 0.384 e. The van der Waals surface area contributed by atoms with Gasteiger partial charge in [0.2, 0.25) is 0 Å². The molecule has 0 saturated heterocycles. The highest BCUT2D eigenvalue weighted by atomic mass is 35.5. The van der Waals surface area contributed by atoms with Crippen LogP contribution in [0.4, 0.5) is 5.69 Å². The Balaban J connectivity index is 2.56. The summed E-state index contributed by atoms with van der Waals surface area (Å²) in [7, 11) is 0. The minimum atomic E-state index is 0.575. The average molecular weight is 216 g/mol. The molecule has 2 rings (SSSR count). The maximum absolute atomic E-state index is 6.08. The van der Waals surface area contributed by atoms with E-state index in [0.717, 1.165) is 18.7 Å². The van der Waals surface area contributed by atoms with Crippen LogP contribution in [0.5, 0.6) is 0 Å². The lowest BCUT2D eigenvalue weighted by molar-refractivity contribution is 0.684. The van der Waals surface area contributed by atoms with E-state index >= 15 is 0 Å². The summed E-state index contributed by atoms with van der Waals surface area (Å²) in [5.74, 6) is 0.575. The molecule has 1 aromatic rings. The zero-order valence-corrected chi connectivity index (χ0v) is 8.91. The third kappa shape index (κ3) is 1.51. The summed E-state index contributed by atoms with van der Waals surface area (Å²) in [6.07, 6.45) is 1.16. The van der Waals surface area contributed by atoms with Crippen molar-refractivity contribution in [2.24, 2.45) is 0 Å². The Morgan fingerprint density at radius 1 is 1.38 bits per heavy atom. The topological polar surface area (TPSA) is 12.0 Å². The van der Waals surface area contributed by atoms with Gasteiger partial charge in [-0.05, 0) is 24.0 Å². The molecule has 1 heterocycles. The van der Waals surface area contributed by atoms with E-state index in [2.05, 4.69) is 18.3 Å². The molecule has 70 valence electrons. The van der Waals surface area contributed by atoms with Gasteiger partial charge in [-0.15, -0.1) is 0 Å². The average Bonchev–Trinajstić information content (AvgIpc) is 2.12. The fourth-order valence-electron chi connectivity index (χ4n) is 1.73. The predicted octanol–water partition coefficient (Wildman–Crippen LogP) is 3.91. The quantitative estimate of drug-likeness (QED) is 0.693. The molecule has 0 amide bonds. The van der Waals surface area contributed by atoms with Crippen LogP contribution in [0, 0.1) is 0 Å². The van der Waals surface area contributed by atoms with Crippen molar-refractivity contribution >= 4 is 28.9 Å². The zero-order valence-electron chi connectivity index (χ0n) is 7.40. The molecular formula is C10H11Cl2N. The molecule has 13 heavy (non-hydrogen) atoms. The first-order valence-corrected chi connectivity index (χ1v) is 5.17. The summed E-state index contributed by atoms with van der Waals surface area (Å²) < 4.78 is 0. The van der Waals surface area contributed by atoms with E-state index in [9.17, 15) is 0 Å². The molecule has 1 aliphatic heterocycles. The van der Waals surface area contributed by atoms with Crippen LogP contribution in [-0.2, 0) is 0 Å². The zero-order chi connectivity index (χ0) is 9.42. The van der Waals surface area contributed by atoms with Crippen molar-refractivity contribution < 1.29 is 0 Å². The van der Waals surface area contributed by atoms with Gasteiger partial charge in [0, 0.05) is 6.54 Å². The Hall–Kier alpha value is -0.400. The monoisotopic (exact) mass is 215 g/mol. The van der Waals surface area contributed by atoms with Crippen molar-refractivity contribution in [2.75, 3.05) is 11.9 Å². The third-order valence-corrected chi connectivity index (χ3v) is 3.34. The number of hydrogen-bond acceptors (Lipinski definition) is 1. The molecule has 0 saturated carbocycles. The number of benzene rings is 1. The second-order valence-electron chi connectivity index (χ2n) is 3.44. The second kappa shape index (κ2) is 3.39. The van der Waals surface area contributed by atoms with Crippen molar-refractivity contribution in [1.29, 1.82) is 0 Å². The molecular weight excluding hydrogens is 205 g/mol. The number of halogens is 2. The van der Waals surface area contributed by atoms with Crippen LogP contribution in [0.1, 0.15) is 24.8 Å². The smallest absolute Gasteiger partial charge is 0.0826 e. The van der Waals surface area contributed by atoms with E-state index in [-0.39, 0.29) is 0 Å². The van der Waals surface area contributed by atoms with Crippen molar-refractivity contribution in [3.63, 3.8) is 0 Å². The maximum Gasteiger partial charge on any atom is 0.0826 e. The van der Waals surface area contributed by atoms with Gasteiger partial charge < -0.3 is 5.32 Å². The molecule has 1 aromatic carbocycles. The van der Waals surface area contributed by atoms with Gasteiger partial charge in [0.1, 0.15) is 0 Å². The third-order valence-electron chi connectivity index (χ3n) is 2.54. The summed E-state index contributed by atoms with van der Waals surface area (Å²) in [6, 6.07) is 3.92. The van der Waals surface area contributed by atoms with Gasteiger partial charge in [0.15, 0.2) is 0 Å². The van der Waals surface area contributed by atoms with E-state index in [1.165, 1.54) is 5.56 Å². The molecule has 0 unspecified atom stereocenters. The Kier molecular flexibility index (Phi) is 2.39. The first-order valence-electron chi connectivity index (χ1n) is 4.42. The number of hydrogen-bond donors (Lipinski definition) is 1. The Morgan fingerprint density at radius 3 is 2.92 bits per heavy atom. The second-order valence-corrected chi connectivity index (χ2v) is 4.23. The van der Waals surface area contributed by atoms with E-state index in [1.807, 2.05) is 6.07 Å². The van der Waals surface area contributed by atoms with E-state index in [0.29, 0.717) is 16.0 Å². The Labute approximate surface area is 88.0 Å². The standard InChI is InChI=1S/C10H11Cl2N/c1-6-4-5-13-10-7(6)2-3-8(11)9(10)12/h2-3,6,13H,4-5H2,1H3/t6-/m1/s1. The minimum absolute atomic E-state index is 0.575. The van der Waals surface area contributed by atoms with Gasteiger partial charge in [0.25, 0.3) is 0 Å². The summed E-state index contributed by atoms with van der Waals surface area (Å²) in [5.41, 5.74) is 2.30. The lowest BCUT2D eigenvalue weighted by Gasteiger charge is -2.25. The normalized spacial score (nSPS) is 20.7. The minimum Gasteiger partial charge on any atom is -0.384 e. The van der Waals surface area contributed by atoms with Crippen LogP contribution >= 0.6 is 23.2 Å².